The molecule has 0 bridgehead atoms. The zero-order valence-corrected chi connectivity index (χ0v) is 28.0. The van der Waals surface area contributed by atoms with Crippen molar-refractivity contribution in [2.24, 2.45) is 0 Å². The maximum Gasteiger partial charge on any atom is 0.274 e. The van der Waals surface area contributed by atoms with Crippen LogP contribution in [0.15, 0.2) is 66.7 Å². The summed E-state index contributed by atoms with van der Waals surface area (Å²) in [5.41, 5.74) is 4.34. The molecule has 9 heteroatoms. The molecule has 1 unspecified atom stereocenters. The van der Waals surface area contributed by atoms with Gasteiger partial charge in [0.2, 0.25) is 5.88 Å². The first-order valence-corrected chi connectivity index (χ1v) is 16.8. The minimum Gasteiger partial charge on any atom is -0.491 e. The Labute approximate surface area is 281 Å². The van der Waals surface area contributed by atoms with Gasteiger partial charge in [0, 0.05) is 38.2 Å². The van der Waals surface area contributed by atoms with E-state index < -0.39 is 11.9 Å². The largest absolute Gasteiger partial charge is 0.491 e. The van der Waals surface area contributed by atoms with Crippen LogP contribution < -0.4 is 9.47 Å². The predicted octanol–water partition coefficient (Wildman–Crippen LogP) is 7.43. The van der Waals surface area contributed by atoms with Crippen LogP contribution in [-0.2, 0) is 13.0 Å². The molecule has 8 nitrogen and oxygen atoms in total. The third kappa shape index (κ3) is 6.93. The van der Waals surface area contributed by atoms with Gasteiger partial charge in [-0.15, -0.1) is 0 Å². The van der Waals surface area contributed by atoms with E-state index in [-0.39, 0.29) is 29.5 Å². The van der Waals surface area contributed by atoms with Gasteiger partial charge in [0.25, 0.3) is 11.8 Å². The molecule has 0 fully saturated rings. The summed E-state index contributed by atoms with van der Waals surface area (Å²) in [6.07, 6.45) is 6.92. The molecule has 2 aliphatic heterocycles. The number of hydrogen-bond acceptors (Lipinski definition) is 5. The predicted molar refractivity (Wildman–Crippen MR) is 183 cm³/mol. The molecule has 1 aromatic heterocycles. The number of halogens is 1. The van der Waals surface area contributed by atoms with Crippen molar-refractivity contribution in [3.05, 3.63) is 94.9 Å². The quantitative estimate of drug-likeness (QED) is 0.167. The maximum atomic E-state index is 14.8. The lowest BCUT2D eigenvalue weighted by molar-refractivity contribution is 0.0688. The van der Waals surface area contributed by atoms with Crippen LogP contribution in [0.25, 0.3) is 16.8 Å². The lowest BCUT2D eigenvalue weighted by Crippen LogP contribution is -2.44. The number of unbranched alkanes of at least 4 members (excludes halogenated alkanes) is 2. The normalized spacial score (nSPS) is 14.9. The Morgan fingerprint density at radius 3 is 2.50 bits per heavy atom. The molecular weight excluding hydrogens is 607 g/mol. The molecule has 2 aliphatic rings. The van der Waals surface area contributed by atoms with E-state index in [1.807, 2.05) is 43.0 Å². The summed E-state index contributed by atoms with van der Waals surface area (Å²) in [4.78, 5) is 32.0. The average Bonchev–Trinajstić information content (AvgIpc) is 3.50. The molecular formula is C39H41FN4O4. The van der Waals surface area contributed by atoms with Crippen LogP contribution in [0, 0.1) is 17.8 Å². The number of benzene rings is 3. The van der Waals surface area contributed by atoms with Gasteiger partial charge < -0.3 is 19.3 Å². The van der Waals surface area contributed by atoms with Crippen molar-refractivity contribution in [1.82, 2.24) is 19.6 Å². The zero-order valence-electron chi connectivity index (χ0n) is 28.0. The van der Waals surface area contributed by atoms with E-state index >= 15 is 0 Å². The highest BCUT2D eigenvalue weighted by atomic mass is 19.1. The van der Waals surface area contributed by atoms with E-state index in [9.17, 15) is 14.0 Å². The number of carbonyl (C=O) groups is 2. The van der Waals surface area contributed by atoms with Crippen LogP contribution in [0.5, 0.6) is 11.6 Å². The van der Waals surface area contributed by atoms with Crippen molar-refractivity contribution >= 4 is 11.8 Å². The van der Waals surface area contributed by atoms with Crippen LogP contribution in [-0.4, -0.2) is 56.6 Å². The minimum atomic E-state index is -0.446. The highest BCUT2D eigenvalue weighted by Crippen LogP contribution is 2.34. The fourth-order valence-electron chi connectivity index (χ4n) is 6.20. The van der Waals surface area contributed by atoms with E-state index in [0.29, 0.717) is 54.2 Å². The number of amides is 2. The van der Waals surface area contributed by atoms with Crippen LogP contribution in [0.4, 0.5) is 4.39 Å². The standard InChI is InChI=1S/C39H41FN4O4/c1-5-7-16-42(17-8-6-2)39(46)35-24-37-44(41-35)36-14-13-28(30-19-31(40)23-33(21-30)48-26(3)4)22-34(36)38(45)43-25-29-12-10-9-11-27(29)20-32(43)15-18-47-37/h9-14,19,21-24,26,32H,5-8,16-17,20,25H2,1-4H3. The Morgan fingerprint density at radius 2 is 1.77 bits per heavy atom. The van der Waals surface area contributed by atoms with Crippen LogP contribution in [0.2, 0.25) is 0 Å². The number of rotatable bonds is 10. The first-order valence-electron chi connectivity index (χ1n) is 16.8. The van der Waals surface area contributed by atoms with Gasteiger partial charge >= 0.3 is 0 Å². The van der Waals surface area contributed by atoms with E-state index in [2.05, 4.69) is 31.9 Å². The SMILES string of the molecule is CCCCN(CCCC)C(=O)c1cc2n(n1)-c1ccc(-c3cc(F)cc(OC(C)C)c3)cc1C(=O)N1Cc3ccccc3CC1C#CO2. The maximum absolute atomic E-state index is 14.8. The van der Waals surface area contributed by atoms with Gasteiger partial charge in [-0.2, -0.15) is 9.78 Å². The second-order valence-electron chi connectivity index (χ2n) is 12.6. The second-order valence-corrected chi connectivity index (χ2v) is 12.6. The van der Waals surface area contributed by atoms with Gasteiger partial charge in [-0.05, 0) is 79.1 Å². The first kappa shape index (κ1) is 32.8. The Bertz CT molecular complexity index is 1880. The monoisotopic (exact) mass is 648 g/mol. The average molecular weight is 649 g/mol. The molecule has 0 radical (unpaired) electrons. The number of aromatic nitrogens is 2. The molecule has 3 aromatic carbocycles. The number of fused-ring (bicyclic) bond motifs is 5. The second kappa shape index (κ2) is 14.3. The fourth-order valence-corrected chi connectivity index (χ4v) is 6.20. The van der Waals surface area contributed by atoms with Crippen LogP contribution in [0.1, 0.15) is 85.4 Å². The summed E-state index contributed by atoms with van der Waals surface area (Å²) in [7, 11) is 0. The summed E-state index contributed by atoms with van der Waals surface area (Å²) in [6, 6.07) is 19.0. The number of carbonyl (C=O) groups excluding carboxylic acids is 2. The summed E-state index contributed by atoms with van der Waals surface area (Å²) in [5, 5.41) is 4.72. The van der Waals surface area contributed by atoms with Crippen molar-refractivity contribution in [1.29, 1.82) is 0 Å². The number of ether oxygens (including phenoxy) is 2. The molecule has 248 valence electrons. The molecule has 2 amide bonds. The zero-order chi connectivity index (χ0) is 33.8. The molecule has 4 aromatic rings. The first-order chi connectivity index (χ1) is 23.2. The molecule has 3 heterocycles. The minimum absolute atomic E-state index is 0.139. The molecule has 0 aliphatic carbocycles. The molecule has 0 saturated heterocycles. The smallest absolute Gasteiger partial charge is 0.274 e. The highest BCUT2D eigenvalue weighted by molar-refractivity contribution is 6.00. The summed E-state index contributed by atoms with van der Waals surface area (Å²) < 4.78 is 28.1. The third-order valence-corrected chi connectivity index (χ3v) is 8.67. The fraction of sp³-hybridized carbons (Fsp3) is 0.359. The van der Waals surface area contributed by atoms with Crippen molar-refractivity contribution < 1.29 is 23.5 Å². The molecule has 0 spiro atoms. The van der Waals surface area contributed by atoms with Crippen molar-refractivity contribution in [2.75, 3.05) is 13.1 Å². The topological polar surface area (TPSA) is 76.9 Å². The summed E-state index contributed by atoms with van der Waals surface area (Å²) >= 11 is 0. The Kier molecular flexibility index (Phi) is 9.81. The van der Waals surface area contributed by atoms with Crippen molar-refractivity contribution in [2.45, 2.75) is 78.5 Å². The molecule has 0 saturated carbocycles. The molecule has 0 N–H and O–H groups in total. The van der Waals surface area contributed by atoms with Crippen LogP contribution in [0.3, 0.4) is 0 Å². The van der Waals surface area contributed by atoms with Gasteiger partial charge in [-0.25, -0.2) is 4.39 Å². The molecule has 1 atom stereocenters. The van der Waals surface area contributed by atoms with Gasteiger partial charge in [0.05, 0.1) is 17.4 Å². The van der Waals surface area contributed by atoms with Gasteiger partial charge in [-0.1, -0.05) is 57.0 Å². The van der Waals surface area contributed by atoms with Crippen molar-refractivity contribution in [3.8, 4) is 40.5 Å². The van der Waals surface area contributed by atoms with E-state index in [4.69, 9.17) is 14.6 Å². The summed E-state index contributed by atoms with van der Waals surface area (Å²) in [6.45, 7) is 9.58. The van der Waals surface area contributed by atoms with Gasteiger partial charge in [0.1, 0.15) is 23.7 Å². The molecule has 6 rings (SSSR count). The van der Waals surface area contributed by atoms with Crippen molar-refractivity contribution in [3.63, 3.8) is 0 Å². The van der Waals surface area contributed by atoms with E-state index in [1.54, 1.807) is 29.2 Å². The Hall–Kier alpha value is -5.10. The summed E-state index contributed by atoms with van der Waals surface area (Å²) in [5.74, 6) is 2.91. The lowest BCUT2D eigenvalue weighted by atomic mass is 9.93. The number of nitrogens with zero attached hydrogens (tertiary/aromatic N) is 4. The van der Waals surface area contributed by atoms with E-state index in [1.165, 1.54) is 16.8 Å². The van der Waals surface area contributed by atoms with Gasteiger partial charge in [-0.3, -0.25) is 9.59 Å². The van der Waals surface area contributed by atoms with Gasteiger partial charge in [0.15, 0.2) is 5.69 Å². The number of hydrogen-bond donors (Lipinski definition) is 0. The van der Waals surface area contributed by atoms with Crippen LogP contribution >= 0.6 is 0 Å². The molecule has 48 heavy (non-hydrogen) atoms. The highest BCUT2D eigenvalue weighted by Gasteiger charge is 2.33. The van der Waals surface area contributed by atoms with E-state index in [0.717, 1.165) is 36.8 Å². The lowest BCUT2D eigenvalue weighted by Gasteiger charge is -2.34. The third-order valence-electron chi connectivity index (χ3n) is 8.67. The Balaban J connectivity index is 1.48. The Morgan fingerprint density at radius 1 is 1.02 bits per heavy atom.